The molecule has 1 aliphatic heterocycles. The van der Waals surface area contributed by atoms with E-state index in [1.165, 1.54) is 6.33 Å². The lowest BCUT2D eigenvalue weighted by atomic mass is 9.85. The number of nitriles is 1. The Morgan fingerprint density at radius 3 is 2.76 bits per heavy atom. The van der Waals surface area contributed by atoms with E-state index in [2.05, 4.69) is 9.97 Å². The van der Waals surface area contributed by atoms with Crippen LogP contribution >= 0.6 is 11.6 Å². The Morgan fingerprint density at radius 2 is 2.10 bits per heavy atom. The van der Waals surface area contributed by atoms with E-state index in [4.69, 9.17) is 22.1 Å². The Balaban J connectivity index is 2.28. The summed E-state index contributed by atoms with van der Waals surface area (Å²) in [7, 11) is 0. The molecule has 1 aromatic carbocycles. The van der Waals surface area contributed by atoms with Crippen molar-refractivity contribution in [2.24, 2.45) is 5.73 Å². The molecule has 0 bridgehead atoms. The van der Waals surface area contributed by atoms with Crippen LogP contribution in [0.25, 0.3) is 0 Å². The summed E-state index contributed by atoms with van der Waals surface area (Å²) in [6, 6.07) is 8.84. The number of benzene rings is 1. The van der Waals surface area contributed by atoms with Crippen LogP contribution in [0.2, 0.25) is 5.02 Å². The van der Waals surface area contributed by atoms with Crippen LogP contribution in [0.15, 0.2) is 46.8 Å². The Bertz CT molecular complexity index is 833. The molecule has 0 saturated carbocycles. The van der Waals surface area contributed by atoms with Crippen molar-refractivity contribution in [2.75, 3.05) is 0 Å². The molecule has 7 heteroatoms. The van der Waals surface area contributed by atoms with Gasteiger partial charge in [-0.15, -0.1) is 0 Å². The Kier molecular flexibility index (Phi) is 3.12. The SMILES string of the molecule is N#CC1=C(N)Oc2nc[nH]c(=O)c2C1c1ccc(Cl)cc1. The first-order chi connectivity index (χ1) is 10.1. The summed E-state index contributed by atoms with van der Waals surface area (Å²) in [5, 5.41) is 9.89. The van der Waals surface area contributed by atoms with E-state index < -0.39 is 5.92 Å². The van der Waals surface area contributed by atoms with Crippen molar-refractivity contribution < 1.29 is 4.74 Å². The Labute approximate surface area is 124 Å². The van der Waals surface area contributed by atoms with E-state index in [1.54, 1.807) is 24.3 Å². The van der Waals surface area contributed by atoms with Crippen LogP contribution in [0.5, 0.6) is 5.88 Å². The fourth-order valence-electron chi connectivity index (χ4n) is 2.28. The zero-order valence-corrected chi connectivity index (χ0v) is 11.4. The number of aromatic amines is 1. The second kappa shape index (κ2) is 4.96. The molecule has 0 spiro atoms. The number of aromatic nitrogens is 2. The highest BCUT2D eigenvalue weighted by Crippen LogP contribution is 2.38. The molecule has 104 valence electrons. The third-order valence-electron chi connectivity index (χ3n) is 3.23. The monoisotopic (exact) mass is 300 g/mol. The minimum atomic E-state index is -0.631. The molecular formula is C14H9ClN4O2. The van der Waals surface area contributed by atoms with Gasteiger partial charge in [0.2, 0.25) is 11.8 Å². The molecule has 3 N–H and O–H groups in total. The molecule has 21 heavy (non-hydrogen) atoms. The van der Waals surface area contributed by atoms with Crippen molar-refractivity contribution in [1.29, 1.82) is 5.26 Å². The largest absolute Gasteiger partial charge is 0.422 e. The maximum Gasteiger partial charge on any atom is 0.258 e. The van der Waals surface area contributed by atoms with Gasteiger partial charge in [0, 0.05) is 5.02 Å². The highest BCUT2D eigenvalue weighted by molar-refractivity contribution is 6.30. The first-order valence-corrected chi connectivity index (χ1v) is 6.40. The number of hydrogen-bond acceptors (Lipinski definition) is 5. The van der Waals surface area contributed by atoms with Gasteiger partial charge in [-0.1, -0.05) is 23.7 Å². The molecule has 0 aliphatic carbocycles. The lowest BCUT2D eigenvalue weighted by Crippen LogP contribution is -2.28. The number of halogens is 1. The highest BCUT2D eigenvalue weighted by Gasteiger charge is 2.33. The van der Waals surface area contributed by atoms with E-state index in [9.17, 15) is 10.1 Å². The number of nitrogens with zero attached hydrogens (tertiary/aromatic N) is 2. The number of ether oxygens (including phenoxy) is 1. The van der Waals surface area contributed by atoms with Gasteiger partial charge < -0.3 is 15.5 Å². The summed E-state index contributed by atoms with van der Waals surface area (Å²) >= 11 is 5.87. The molecule has 0 amide bonds. The lowest BCUT2D eigenvalue weighted by molar-refractivity contribution is 0.375. The van der Waals surface area contributed by atoms with Crippen LogP contribution in [-0.2, 0) is 0 Å². The van der Waals surface area contributed by atoms with Crippen molar-refractivity contribution in [1.82, 2.24) is 9.97 Å². The molecule has 6 nitrogen and oxygen atoms in total. The molecule has 1 aliphatic rings. The number of nitrogens with one attached hydrogen (secondary N) is 1. The lowest BCUT2D eigenvalue weighted by Gasteiger charge is -2.24. The molecule has 1 atom stereocenters. The maximum absolute atomic E-state index is 12.1. The summed E-state index contributed by atoms with van der Waals surface area (Å²) < 4.78 is 5.27. The van der Waals surface area contributed by atoms with Gasteiger partial charge in [-0.05, 0) is 17.7 Å². The maximum atomic E-state index is 12.1. The number of allylic oxidation sites excluding steroid dienone is 1. The van der Waals surface area contributed by atoms with Crippen LogP contribution in [0.4, 0.5) is 0 Å². The minimum Gasteiger partial charge on any atom is -0.422 e. The first-order valence-electron chi connectivity index (χ1n) is 6.02. The van der Waals surface area contributed by atoms with Crippen LogP contribution in [0, 0.1) is 11.3 Å². The van der Waals surface area contributed by atoms with Crippen LogP contribution in [0.1, 0.15) is 17.0 Å². The standard InChI is InChI=1S/C14H9ClN4O2/c15-8-3-1-7(2-4-8)10-9(5-16)12(17)21-14-11(10)13(20)18-6-19-14/h1-4,6,10H,17H2,(H,18,19,20). The molecule has 0 fully saturated rings. The fourth-order valence-corrected chi connectivity index (χ4v) is 2.41. The van der Waals surface area contributed by atoms with Crippen molar-refractivity contribution in [3.8, 4) is 11.9 Å². The molecule has 2 heterocycles. The average molecular weight is 301 g/mol. The van der Waals surface area contributed by atoms with E-state index in [1.807, 2.05) is 6.07 Å². The second-order valence-corrected chi connectivity index (χ2v) is 4.86. The highest BCUT2D eigenvalue weighted by atomic mass is 35.5. The summed E-state index contributed by atoms with van der Waals surface area (Å²) in [4.78, 5) is 18.6. The van der Waals surface area contributed by atoms with Crippen molar-refractivity contribution in [3.63, 3.8) is 0 Å². The summed E-state index contributed by atoms with van der Waals surface area (Å²) in [6.07, 6.45) is 1.23. The summed E-state index contributed by atoms with van der Waals surface area (Å²) in [5.41, 5.74) is 6.53. The number of fused-ring (bicyclic) bond motifs is 1. The fraction of sp³-hybridized carbons (Fsp3) is 0.0714. The second-order valence-electron chi connectivity index (χ2n) is 4.43. The van der Waals surface area contributed by atoms with Gasteiger partial charge in [-0.2, -0.15) is 5.26 Å². The van der Waals surface area contributed by atoms with E-state index >= 15 is 0 Å². The van der Waals surface area contributed by atoms with E-state index in [0.717, 1.165) is 0 Å². The smallest absolute Gasteiger partial charge is 0.258 e. The molecule has 2 aromatic rings. The van der Waals surface area contributed by atoms with Gasteiger partial charge in [0.25, 0.3) is 5.56 Å². The minimum absolute atomic E-state index is 0.0527. The van der Waals surface area contributed by atoms with Gasteiger partial charge in [0.1, 0.15) is 11.6 Å². The Hall–Kier alpha value is -2.78. The number of nitrogens with two attached hydrogens (primary N) is 1. The normalized spacial score (nSPS) is 16.9. The number of H-pyrrole nitrogens is 1. The molecule has 0 radical (unpaired) electrons. The van der Waals surface area contributed by atoms with Gasteiger partial charge >= 0.3 is 0 Å². The summed E-state index contributed by atoms with van der Waals surface area (Å²) in [5.74, 6) is -0.577. The van der Waals surface area contributed by atoms with Crippen LogP contribution in [0.3, 0.4) is 0 Å². The predicted molar refractivity (Wildman–Crippen MR) is 75.6 cm³/mol. The predicted octanol–water partition coefficient (Wildman–Crippen LogP) is 1.64. The zero-order chi connectivity index (χ0) is 15.0. The van der Waals surface area contributed by atoms with Crippen molar-refractivity contribution in [3.05, 3.63) is 68.6 Å². The van der Waals surface area contributed by atoms with Crippen LogP contribution < -0.4 is 16.0 Å². The molecule has 1 unspecified atom stereocenters. The van der Waals surface area contributed by atoms with E-state index in [-0.39, 0.29) is 28.5 Å². The first kappa shape index (κ1) is 13.2. The summed E-state index contributed by atoms with van der Waals surface area (Å²) in [6.45, 7) is 0. The molecule has 1 aromatic heterocycles. The molecule has 3 rings (SSSR count). The van der Waals surface area contributed by atoms with Gasteiger partial charge in [0.15, 0.2) is 0 Å². The van der Waals surface area contributed by atoms with Gasteiger partial charge in [0.05, 0.1) is 17.8 Å². The zero-order valence-electron chi connectivity index (χ0n) is 10.6. The van der Waals surface area contributed by atoms with Crippen molar-refractivity contribution in [2.45, 2.75) is 5.92 Å². The topological polar surface area (TPSA) is 105 Å². The average Bonchev–Trinajstić information content (AvgIpc) is 2.47. The van der Waals surface area contributed by atoms with E-state index in [0.29, 0.717) is 10.6 Å². The third-order valence-corrected chi connectivity index (χ3v) is 3.48. The van der Waals surface area contributed by atoms with Crippen LogP contribution in [-0.4, -0.2) is 9.97 Å². The Morgan fingerprint density at radius 1 is 1.38 bits per heavy atom. The van der Waals surface area contributed by atoms with Crippen molar-refractivity contribution >= 4 is 11.6 Å². The number of hydrogen-bond donors (Lipinski definition) is 2. The van der Waals surface area contributed by atoms with Gasteiger partial charge in [-0.3, -0.25) is 4.79 Å². The molecule has 0 saturated heterocycles. The van der Waals surface area contributed by atoms with Gasteiger partial charge in [-0.25, -0.2) is 4.98 Å². The third kappa shape index (κ3) is 2.14. The number of rotatable bonds is 1. The molecular weight excluding hydrogens is 292 g/mol. The quantitative estimate of drug-likeness (QED) is 0.833.